The normalized spacial score (nSPS) is 23.8. The molecule has 1 N–H and O–H groups in total. The summed E-state index contributed by atoms with van der Waals surface area (Å²) in [6, 6.07) is 5.32. The van der Waals surface area contributed by atoms with Crippen LogP contribution in [0.2, 0.25) is 0 Å². The van der Waals surface area contributed by atoms with Crippen LogP contribution in [0.5, 0.6) is 11.5 Å². The van der Waals surface area contributed by atoms with E-state index in [4.69, 9.17) is 9.47 Å². The molecule has 0 radical (unpaired) electrons. The summed E-state index contributed by atoms with van der Waals surface area (Å²) in [5.74, 6) is 1.06. The largest absolute Gasteiger partial charge is 0.483 e. The van der Waals surface area contributed by atoms with Crippen molar-refractivity contribution in [2.75, 3.05) is 18.1 Å². The zero-order valence-electron chi connectivity index (χ0n) is 13.3. The number of rotatable bonds is 4. The van der Waals surface area contributed by atoms with Crippen molar-refractivity contribution in [1.82, 2.24) is 5.32 Å². The smallest absolute Gasteiger partial charge is 0.258 e. The lowest BCUT2D eigenvalue weighted by Crippen LogP contribution is -2.38. The third-order valence-electron chi connectivity index (χ3n) is 4.01. The van der Waals surface area contributed by atoms with Gasteiger partial charge in [0.25, 0.3) is 5.91 Å². The number of amides is 1. The highest BCUT2D eigenvalue weighted by molar-refractivity contribution is 7.91. The maximum absolute atomic E-state index is 11.9. The van der Waals surface area contributed by atoms with Gasteiger partial charge >= 0.3 is 0 Å². The van der Waals surface area contributed by atoms with Crippen LogP contribution in [0.1, 0.15) is 25.8 Å². The summed E-state index contributed by atoms with van der Waals surface area (Å²) in [4.78, 5) is 11.9. The van der Waals surface area contributed by atoms with Crippen molar-refractivity contribution >= 4 is 15.7 Å². The van der Waals surface area contributed by atoms with E-state index in [9.17, 15) is 13.2 Å². The first-order valence-electron chi connectivity index (χ1n) is 7.68. The van der Waals surface area contributed by atoms with Gasteiger partial charge in [0.1, 0.15) is 5.60 Å². The molecule has 0 spiro atoms. The molecule has 1 amide bonds. The molecule has 6 nitrogen and oxygen atoms in total. The molecule has 2 aliphatic rings. The van der Waals surface area contributed by atoms with E-state index in [1.54, 1.807) is 6.07 Å². The molecule has 0 unspecified atom stereocenters. The standard InChI is InChI=1S/C16H21NO5S/c1-16(2)8-11-4-3-5-13(15(11)22-16)21-9-14(18)17-12-6-7-23(19,20)10-12/h3-5,12H,6-10H2,1-2H3,(H,17,18)/t12-/m0/s1. The minimum atomic E-state index is -3.00. The lowest BCUT2D eigenvalue weighted by molar-refractivity contribution is -0.123. The highest BCUT2D eigenvalue weighted by atomic mass is 32.2. The highest BCUT2D eigenvalue weighted by Crippen LogP contribution is 2.41. The quantitative estimate of drug-likeness (QED) is 0.888. The number of fused-ring (bicyclic) bond motifs is 1. The van der Waals surface area contributed by atoms with E-state index >= 15 is 0 Å². The minimum Gasteiger partial charge on any atom is -0.483 e. The van der Waals surface area contributed by atoms with Gasteiger partial charge in [0.05, 0.1) is 11.5 Å². The second-order valence-electron chi connectivity index (χ2n) is 6.74. The molecule has 1 aromatic carbocycles. The van der Waals surface area contributed by atoms with E-state index < -0.39 is 9.84 Å². The molecule has 0 aromatic heterocycles. The lowest BCUT2D eigenvalue weighted by atomic mass is 10.0. The molecule has 1 saturated heterocycles. The van der Waals surface area contributed by atoms with Crippen LogP contribution in [0.3, 0.4) is 0 Å². The first kappa shape index (κ1) is 16.1. The van der Waals surface area contributed by atoms with E-state index in [1.807, 2.05) is 26.0 Å². The van der Waals surface area contributed by atoms with Crippen LogP contribution in [-0.4, -0.2) is 44.1 Å². The fourth-order valence-corrected chi connectivity index (χ4v) is 4.70. The molecule has 0 saturated carbocycles. The molecule has 3 rings (SSSR count). The summed E-state index contributed by atoms with van der Waals surface area (Å²) >= 11 is 0. The summed E-state index contributed by atoms with van der Waals surface area (Å²) in [5, 5.41) is 2.70. The van der Waals surface area contributed by atoms with Gasteiger partial charge in [-0.15, -0.1) is 0 Å². The van der Waals surface area contributed by atoms with Crippen LogP contribution < -0.4 is 14.8 Å². The Hall–Kier alpha value is -1.76. The van der Waals surface area contributed by atoms with Gasteiger partial charge in [0, 0.05) is 18.0 Å². The number of para-hydroxylation sites is 1. The van der Waals surface area contributed by atoms with Gasteiger partial charge in [-0.1, -0.05) is 12.1 Å². The first-order valence-corrected chi connectivity index (χ1v) is 9.50. The predicted octanol–water partition coefficient (Wildman–Crippen LogP) is 1.08. The van der Waals surface area contributed by atoms with Crippen LogP contribution in [0.4, 0.5) is 0 Å². The molecular formula is C16H21NO5S. The number of carbonyl (C=O) groups is 1. The number of carbonyl (C=O) groups excluding carboxylic acids is 1. The fraction of sp³-hybridized carbons (Fsp3) is 0.562. The molecule has 2 aliphatic heterocycles. The van der Waals surface area contributed by atoms with E-state index in [0.717, 1.165) is 12.0 Å². The van der Waals surface area contributed by atoms with Crippen molar-refractivity contribution in [3.05, 3.63) is 23.8 Å². The van der Waals surface area contributed by atoms with Crippen molar-refractivity contribution in [3.8, 4) is 11.5 Å². The van der Waals surface area contributed by atoms with Gasteiger partial charge in [0.2, 0.25) is 0 Å². The Morgan fingerprint density at radius 1 is 1.43 bits per heavy atom. The molecule has 0 bridgehead atoms. The van der Waals surface area contributed by atoms with Crippen molar-refractivity contribution < 1.29 is 22.7 Å². The van der Waals surface area contributed by atoms with Crippen molar-refractivity contribution in [3.63, 3.8) is 0 Å². The van der Waals surface area contributed by atoms with Crippen LogP contribution >= 0.6 is 0 Å². The summed E-state index contributed by atoms with van der Waals surface area (Å²) in [6.07, 6.45) is 1.26. The Morgan fingerprint density at radius 2 is 2.22 bits per heavy atom. The Labute approximate surface area is 136 Å². The molecule has 2 heterocycles. The fourth-order valence-electron chi connectivity index (χ4n) is 3.02. The van der Waals surface area contributed by atoms with Crippen LogP contribution in [0, 0.1) is 0 Å². The number of hydrogen-bond acceptors (Lipinski definition) is 5. The number of nitrogens with one attached hydrogen (secondary N) is 1. The van der Waals surface area contributed by atoms with Gasteiger partial charge in [0.15, 0.2) is 27.9 Å². The van der Waals surface area contributed by atoms with E-state index in [2.05, 4.69) is 5.32 Å². The van der Waals surface area contributed by atoms with Crippen LogP contribution in [0.25, 0.3) is 0 Å². The Kier molecular flexibility index (Phi) is 4.00. The van der Waals surface area contributed by atoms with Gasteiger partial charge in [-0.3, -0.25) is 4.79 Å². The molecule has 7 heteroatoms. The van der Waals surface area contributed by atoms with Gasteiger partial charge in [-0.25, -0.2) is 8.42 Å². The van der Waals surface area contributed by atoms with Gasteiger partial charge in [-0.05, 0) is 26.3 Å². The molecule has 1 aromatic rings. The maximum Gasteiger partial charge on any atom is 0.258 e. The van der Waals surface area contributed by atoms with E-state index in [1.165, 1.54) is 0 Å². The van der Waals surface area contributed by atoms with Crippen molar-refractivity contribution in [2.24, 2.45) is 0 Å². The van der Waals surface area contributed by atoms with Crippen LogP contribution in [-0.2, 0) is 21.1 Å². The highest BCUT2D eigenvalue weighted by Gasteiger charge is 2.32. The predicted molar refractivity (Wildman–Crippen MR) is 85.5 cm³/mol. The monoisotopic (exact) mass is 339 g/mol. The second-order valence-corrected chi connectivity index (χ2v) is 8.97. The van der Waals surface area contributed by atoms with Gasteiger partial charge in [-0.2, -0.15) is 0 Å². The molecule has 23 heavy (non-hydrogen) atoms. The summed E-state index contributed by atoms with van der Waals surface area (Å²) < 4.78 is 34.2. The summed E-state index contributed by atoms with van der Waals surface area (Å²) in [5.41, 5.74) is 0.789. The lowest BCUT2D eigenvalue weighted by Gasteiger charge is -2.18. The average molecular weight is 339 g/mol. The maximum atomic E-state index is 11.9. The Bertz CT molecular complexity index is 726. The average Bonchev–Trinajstić information content (AvgIpc) is 2.93. The van der Waals surface area contributed by atoms with Crippen molar-refractivity contribution in [1.29, 1.82) is 0 Å². The minimum absolute atomic E-state index is 0.0107. The van der Waals surface area contributed by atoms with Crippen LogP contribution in [0.15, 0.2) is 18.2 Å². The zero-order valence-corrected chi connectivity index (χ0v) is 14.1. The first-order chi connectivity index (χ1) is 10.7. The number of sulfone groups is 1. The number of hydrogen-bond donors (Lipinski definition) is 1. The molecule has 0 aliphatic carbocycles. The second kappa shape index (κ2) is 5.70. The van der Waals surface area contributed by atoms with Gasteiger partial charge < -0.3 is 14.8 Å². The molecular weight excluding hydrogens is 318 g/mol. The third-order valence-corrected chi connectivity index (χ3v) is 5.78. The summed E-state index contributed by atoms with van der Waals surface area (Å²) in [7, 11) is -3.00. The Balaban J connectivity index is 1.58. The zero-order chi connectivity index (χ0) is 16.7. The number of ether oxygens (including phenoxy) is 2. The molecule has 1 fully saturated rings. The van der Waals surface area contributed by atoms with E-state index in [0.29, 0.717) is 17.9 Å². The molecule has 1 atom stereocenters. The topological polar surface area (TPSA) is 81.7 Å². The molecule has 126 valence electrons. The summed E-state index contributed by atoms with van der Waals surface area (Å²) in [6.45, 7) is 3.85. The van der Waals surface area contributed by atoms with Crippen molar-refractivity contribution in [2.45, 2.75) is 38.3 Å². The number of benzene rings is 1. The Morgan fingerprint density at radius 3 is 2.91 bits per heavy atom. The van der Waals surface area contributed by atoms with E-state index in [-0.39, 0.29) is 35.7 Å². The third kappa shape index (κ3) is 3.77. The SMILES string of the molecule is CC1(C)Cc2cccc(OCC(=O)N[C@H]3CCS(=O)(=O)C3)c2O1.